The summed E-state index contributed by atoms with van der Waals surface area (Å²) in [5.41, 5.74) is 2.95. The van der Waals surface area contributed by atoms with E-state index in [1.54, 1.807) is 7.11 Å². The zero-order valence-electron chi connectivity index (χ0n) is 16.4. The van der Waals surface area contributed by atoms with Crippen LogP contribution in [0.4, 0.5) is 17.1 Å². The Morgan fingerprint density at radius 2 is 1.63 bits per heavy atom. The van der Waals surface area contributed by atoms with Crippen LogP contribution in [-0.2, 0) is 4.79 Å². The summed E-state index contributed by atoms with van der Waals surface area (Å²) < 4.78 is 5.13. The monoisotopic (exact) mass is 367 g/mol. The highest BCUT2D eigenvalue weighted by Crippen LogP contribution is 2.24. The van der Waals surface area contributed by atoms with Gasteiger partial charge in [0.2, 0.25) is 5.91 Å². The third-order valence-corrected chi connectivity index (χ3v) is 5.15. The van der Waals surface area contributed by atoms with Gasteiger partial charge in [0.25, 0.3) is 0 Å². The molecule has 27 heavy (non-hydrogen) atoms. The SMILES string of the molecule is COc1ccc(NC(=O)[C@@H](C)Nc2ccc(N3CCC(C)CC3)cc2)cc1. The molecule has 1 atom stereocenters. The van der Waals surface area contributed by atoms with Gasteiger partial charge in [0, 0.05) is 30.2 Å². The third kappa shape index (κ3) is 5.16. The summed E-state index contributed by atoms with van der Waals surface area (Å²) in [6.07, 6.45) is 2.51. The molecular formula is C22H29N3O2. The van der Waals surface area contributed by atoms with Gasteiger partial charge >= 0.3 is 0 Å². The molecular weight excluding hydrogens is 338 g/mol. The molecule has 144 valence electrons. The first-order chi connectivity index (χ1) is 13.0. The van der Waals surface area contributed by atoms with E-state index in [1.165, 1.54) is 18.5 Å². The number of hydrogen-bond donors (Lipinski definition) is 2. The lowest BCUT2D eigenvalue weighted by Crippen LogP contribution is -2.33. The van der Waals surface area contributed by atoms with Crippen molar-refractivity contribution in [2.24, 2.45) is 5.92 Å². The quantitative estimate of drug-likeness (QED) is 0.796. The van der Waals surface area contributed by atoms with Crippen molar-refractivity contribution in [3.63, 3.8) is 0 Å². The number of nitrogens with zero attached hydrogens (tertiary/aromatic N) is 1. The molecule has 0 aliphatic carbocycles. The second kappa shape index (κ2) is 8.80. The molecule has 2 N–H and O–H groups in total. The molecule has 2 aromatic rings. The molecule has 5 nitrogen and oxygen atoms in total. The minimum Gasteiger partial charge on any atom is -0.497 e. The molecule has 5 heteroatoms. The number of piperidine rings is 1. The molecule has 1 amide bonds. The van der Waals surface area contributed by atoms with Crippen molar-refractivity contribution in [2.45, 2.75) is 32.7 Å². The number of nitrogens with one attached hydrogen (secondary N) is 2. The molecule has 1 heterocycles. The number of benzene rings is 2. The van der Waals surface area contributed by atoms with Crippen LogP contribution in [0.5, 0.6) is 5.75 Å². The molecule has 2 aromatic carbocycles. The predicted octanol–water partition coefficient (Wildman–Crippen LogP) is 4.37. The average molecular weight is 367 g/mol. The fourth-order valence-electron chi connectivity index (χ4n) is 3.28. The maximum absolute atomic E-state index is 12.4. The smallest absolute Gasteiger partial charge is 0.246 e. The standard InChI is InChI=1S/C22H29N3O2/c1-16-12-14-25(15-13-16)20-8-4-18(5-9-20)23-17(2)22(26)24-19-6-10-21(27-3)11-7-19/h4-11,16-17,23H,12-15H2,1-3H3,(H,24,26)/t17-/m1/s1. The maximum atomic E-state index is 12.4. The molecule has 3 rings (SSSR count). The minimum atomic E-state index is -0.339. The highest BCUT2D eigenvalue weighted by molar-refractivity contribution is 5.96. The maximum Gasteiger partial charge on any atom is 0.246 e. The summed E-state index contributed by atoms with van der Waals surface area (Å²) in [5.74, 6) is 1.52. The Balaban J connectivity index is 1.53. The van der Waals surface area contributed by atoms with Gasteiger partial charge in [-0.3, -0.25) is 4.79 Å². The summed E-state index contributed by atoms with van der Waals surface area (Å²) in [7, 11) is 1.62. The van der Waals surface area contributed by atoms with E-state index >= 15 is 0 Å². The summed E-state index contributed by atoms with van der Waals surface area (Å²) in [5, 5.41) is 6.18. The second-order valence-corrected chi connectivity index (χ2v) is 7.30. The van der Waals surface area contributed by atoms with Gasteiger partial charge in [-0.25, -0.2) is 0 Å². The van der Waals surface area contributed by atoms with Crippen LogP contribution in [0.25, 0.3) is 0 Å². The lowest BCUT2D eigenvalue weighted by Gasteiger charge is -2.32. The van der Waals surface area contributed by atoms with Gasteiger partial charge in [0.05, 0.1) is 7.11 Å². The van der Waals surface area contributed by atoms with Crippen LogP contribution in [0.2, 0.25) is 0 Å². The zero-order chi connectivity index (χ0) is 19.2. The number of anilines is 3. The predicted molar refractivity (Wildman–Crippen MR) is 112 cm³/mol. The Labute approximate surface area is 161 Å². The Kier molecular flexibility index (Phi) is 6.22. The van der Waals surface area contributed by atoms with E-state index in [1.807, 2.05) is 43.3 Å². The Hall–Kier alpha value is -2.69. The molecule has 1 aliphatic rings. The number of rotatable bonds is 6. The van der Waals surface area contributed by atoms with Crippen molar-refractivity contribution in [1.29, 1.82) is 0 Å². The van der Waals surface area contributed by atoms with Crippen LogP contribution in [0.1, 0.15) is 26.7 Å². The first-order valence-corrected chi connectivity index (χ1v) is 9.61. The largest absolute Gasteiger partial charge is 0.497 e. The van der Waals surface area contributed by atoms with Crippen LogP contribution < -0.4 is 20.3 Å². The van der Waals surface area contributed by atoms with E-state index in [-0.39, 0.29) is 11.9 Å². The lowest BCUT2D eigenvalue weighted by molar-refractivity contribution is -0.116. The number of methoxy groups -OCH3 is 1. The van der Waals surface area contributed by atoms with Gasteiger partial charge in [-0.1, -0.05) is 6.92 Å². The van der Waals surface area contributed by atoms with Crippen LogP contribution in [0.15, 0.2) is 48.5 Å². The highest BCUT2D eigenvalue weighted by Gasteiger charge is 2.16. The fraction of sp³-hybridized carbons (Fsp3) is 0.409. The van der Waals surface area contributed by atoms with Crippen molar-refractivity contribution in [3.8, 4) is 5.75 Å². The Morgan fingerprint density at radius 3 is 2.22 bits per heavy atom. The summed E-state index contributed by atoms with van der Waals surface area (Å²) >= 11 is 0. The van der Waals surface area contributed by atoms with Crippen LogP contribution >= 0.6 is 0 Å². The molecule has 0 unspecified atom stereocenters. The normalized spacial score (nSPS) is 15.9. The molecule has 1 saturated heterocycles. The lowest BCUT2D eigenvalue weighted by atomic mass is 9.99. The number of amides is 1. The van der Waals surface area contributed by atoms with Crippen molar-refractivity contribution in [2.75, 3.05) is 35.7 Å². The molecule has 1 aliphatic heterocycles. The Bertz CT molecular complexity index is 735. The number of carbonyl (C=O) groups is 1. The topological polar surface area (TPSA) is 53.6 Å². The summed E-state index contributed by atoms with van der Waals surface area (Å²) in [6, 6.07) is 15.3. The Morgan fingerprint density at radius 1 is 1.04 bits per heavy atom. The fourth-order valence-corrected chi connectivity index (χ4v) is 3.28. The molecule has 0 bridgehead atoms. The average Bonchev–Trinajstić information content (AvgIpc) is 2.70. The van der Waals surface area contributed by atoms with E-state index in [9.17, 15) is 4.79 Å². The van der Waals surface area contributed by atoms with Crippen LogP contribution in [-0.4, -0.2) is 32.1 Å². The van der Waals surface area contributed by atoms with Gasteiger partial charge < -0.3 is 20.3 Å². The molecule has 0 aromatic heterocycles. The number of ether oxygens (including phenoxy) is 1. The van der Waals surface area contributed by atoms with E-state index in [2.05, 4.69) is 34.6 Å². The number of carbonyl (C=O) groups excluding carboxylic acids is 1. The van der Waals surface area contributed by atoms with Crippen molar-refractivity contribution >= 4 is 23.0 Å². The van der Waals surface area contributed by atoms with Crippen LogP contribution in [0.3, 0.4) is 0 Å². The summed E-state index contributed by atoms with van der Waals surface area (Å²) in [6.45, 7) is 6.42. The van der Waals surface area contributed by atoms with Gasteiger partial charge in [-0.2, -0.15) is 0 Å². The summed E-state index contributed by atoms with van der Waals surface area (Å²) in [4.78, 5) is 14.8. The van der Waals surface area contributed by atoms with E-state index in [0.717, 1.165) is 36.1 Å². The first kappa shape index (κ1) is 19.1. The van der Waals surface area contributed by atoms with E-state index in [0.29, 0.717) is 0 Å². The second-order valence-electron chi connectivity index (χ2n) is 7.30. The molecule has 0 spiro atoms. The third-order valence-electron chi connectivity index (χ3n) is 5.15. The number of hydrogen-bond acceptors (Lipinski definition) is 4. The van der Waals surface area contributed by atoms with Crippen molar-refractivity contribution in [3.05, 3.63) is 48.5 Å². The van der Waals surface area contributed by atoms with E-state index < -0.39 is 0 Å². The highest BCUT2D eigenvalue weighted by atomic mass is 16.5. The van der Waals surface area contributed by atoms with Crippen molar-refractivity contribution in [1.82, 2.24) is 0 Å². The van der Waals surface area contributed by atoms with E-state index in [4.69, 9.17) is 4.74 Å². The zero-order valence-corrected chi connectivity index (χ0v) is 16.4. The first-order valence-electron chi connectivity index (χ1n) is 9.61. The molecule has 1 fully saturated rings. The molecule has 0 radical (unpaired) electrons. The van der Waals surface area contributed by atoms with Gasteiger partial charge in [-0.15, -0.1) is 0 Å². The van der Waals surface area contributed by atoms with Gasteiger partial charge in [0.1, 0.15) is 11.8 Å². The minimum absolute atomic E-state index is 0.0748. The van der Waals surface area contributed by atoms with Gasteiger partial charge in [0.15, 0.2) is 0 Å². The van der Waals surface area contributed by atoms with Gasteiger partial charge in [-0.05, 0) is 74.2 Å². The van der Waals surface area contributed by atoms with Crippen molar-refractivity contribution < 1.29 is 9.53 Å². The molecule has 0 saturated carbocycles. The van der Waals surface area contributed by atoms with Crippen LogP contribution in [0, 0.1) is 5.92 Å².